The molecule has 1 atom stereocenters. The van der Waals surface area contributed by atoms with E-state index in [0.717, 1.165) is 35.4 Å². The zero-order valence-corrected chi connectivity index (χ0v) is 14.1. The number of alkyl halides is 3. The van der Waals surface area contributed by atoms with E-state index >= 15 is 0 Å². The highest BCUT2D eigenvalue weighted by Crippen LogP contribution is 2.38. The summed E-state index contributed by atoms with van der Waals surface area (Å²) in [5.74, 6) is -0.146. The van der Waals surface area contributed by atoms with Gasteiger partial charge < -0.3 is 5.32 Å². The summed E-state index contributed by atoms with van der Waals surface area (Å²) in [6.45, 7) is 1.47. The van der Waals surface area contributed by atoms with Gasteiger partial charge in [0.05, 0.1) is 11.3 Å². The fourth-order valence-corrected chi connectivity index (χ4v) is 2.62. The Labute approximate surface area is 147 Å². The first-order chi connectivity index (χ1) is 12.3. The van der Waals surface area contributed by atoms with Crippen LogP contribution in [0.4, 0.5) is 13.2 Å². The summed E-state index contributed by atoms with van der Waals surface area (Å²) in [4.78, 5) is 24.3. The fourth-order valence-electron chi connectivity index (χ4n) is 2.62. The number of nitrogens with one attached hydrogen (secondary N) is 1. The molecule has 26 heavy (non-hydrogen) atoms. The van der Waals surface area contributed by atoms with Crippen molar-refractivity contribution >= 4 is 5.91 Å². The molecule has 1 aliphatic carbocycles. The molecule has 1 amide bonds. The number of hydrogen-bond donors (Lipinski definition) is 1. The van der Waals surface area contributed by atoms with Gasteiger partial charge in [-0.15, -0.1) is 0 Å². The van der Waals surface area contributed by atoms with Crippen LogP contribution in [0.25, 0.3) is 0 Å². The second kappa shape index (κ2) is 6.93. The second-order valence-corrected chi connectivity index (χ2v) is 6.41. The van der Waals surface area contributed by atoms with Crippen molar-refractivity contribution in [2.24, 2.45) is 0 Å². The summed E-state index contributed by atoms with van der Waals surface area (Å²) in [6, 6.07) is 6.95. The number of nitrogens with zero attached hydrogens (tertiary/aromatic N) is 2. The van der Waals surface area contributed by atoms with Gasteiger partial charge in [-0.1, -0.05) is 12.1 Å². The minimum Gasteiger partial charge on any atom is -0.350 e. The minimum atomic E-state index is -4.44. The lowest BCUT2D eigenvalue weighted by Crippen LogP contribution is -2.37. The number of aromatic nitrogens is 2. The van der Waals surface area contributed by atoms with Gasteiger partial charge >= 0.3 is 6.18 Å². The van der Waals surface area contributed by atoms with Gasteiger partial charge in [0.2, 0.25) is 5.91 Å². The van der Waals surface area contributed by atoms with Crippen LogP contribution in [0.5, 0.6) is 0 Å². The highest BCUT2D eigenvalue weighted by molar-refractivity contribution is 5.79. The number of benzene rings is 1. The van der Waals surface area contributed by atoms with E-state index in [4.69, 9.17) is 0 Å². The van der Waals surface area contributed by atoms with Crippen LogP contribution in [0.3, 0.4) is 0 Å². The lowest BCUT2D eigenvalue weighted by atomic mass is 10.1. The molecule has 3 rings (SSSR count). The predicted molar refractivity (Wildman–Crippen MR) is 88.5 cm³/mol. The molecule has 1 heterocycles. The maximum absolute atomic E-state index is 12.7. The smallest absolute Gasteiger partial charge is 0.350 e. The molecule has 0 spiro atoms. The lowest BCUT2D eigenvalue weighted by Gasteiger charge is -2.15. The Kier molecular flexibility index (Phi) is 4.84. The maximum Gasteiger partial charge on any atom is 0.416 e. The predicted octanol–water partition coefficient (Wildman–Crippen LogP) is 3.02. The van der Waals surface area contributed by atoms with Gasteiger partial charge in [-0.05, 0) is 43.5 Å². The first-order valence-corrected chi connectivity index (χ1v) is 8.29. The van der Waals surface area contributed by atoms with Crippen molar-refractivity contribution in [1.82, 2.24) is 15.1 Å². The van der Waals surface area contributed by atoms with Crippen LogP contribution in [0, 0.1) is 0 Å². The van der Waals surface area contributed by atoms with Gasteiger partial charge in [-0.2, -0.15) is 18.3 Å². The normalized spacial score (nSPS) is 15.5. The molecule has 1 saturated carbocycles. The van der Waals surface area contributed by atoms with Gasteiger partial charge in [0.25, 0.3) is 5.56 Å². The average Bonchev–Trinajstić information content (AvgIpc) is 3.44. The van der Waals surface area contributed by atoms with Crippen LogP contribution in [0.15, 0.2) is 41.2 Å². The largest absolute Gasteiger partial charge is 0.416 e. The van der Waals surface area contributed by atoms with Crippen LogP contribution < -0.4 is 10.9 Å². The molecule has 0 aliphatic heterocycles. The standard InChI is InChI=1S/C18H18F3N3O2/c1-11(24-16(25)8-7-15(23-24)13-5-6-13)17(26)22-10-12-3-2-4-14(9-12)18(19,20)21/h2-4,7-9,11,13H,5-6,10H2,1H3,(H,22,26). The van der Waals surface area contributed by atoms with Gasteiger partial charge in [0.15, 0.2) is 0 Å². The number of rotatable bonds is 5. The molecule has 1 unspecified atom stereocenters. The number of carbonyl (C=O) groups excluding carboxylic acids is 1. The Bertz CT molecular complexity index is 872. The van der Waals surface area contributed by atoms with E-state index in [1.807, 2.05) is 0 Å². The van der Waals surface area contributed by atoms with Crippen molar-refractivity contribution in [1.29, 1.82) is 0 Å². The van der Waals surface area contributed by atoms with Gasteiger partial charge in [0.1, 0.15) is 6.04 Å². The average molecular weight is 365 g/mol. The van der Waals surface area contributed by atoms with Crippen molar-refractivity contribution in [3.63, 3.8) is 0 Å². The van der Waals surface area contributed by atoms with E-state index in [2.05, 4.69) is 10.4 Å². The van der Waals surface area contributed by atoms with E-state index in [1.165, 1.54) is 25.1 Å². The third kappa shape index (κ3) is 4.12. The van der Waals surface area contributed by atoms with E-state index in [9.17, 15) is 22.8 Å². The maximum atomic E-state index is 12.7. The zero-order valence-electron chi connectivity index (χ0n) is 14.1. The summed E-state index contributed by atoms with van der Waals surface area (Å²) < 4.78 is 39.3. The third-order valence-electron chi connectivity index (χ3n) is 4.31. The molecule has 138 valence electrons. The molecule has 2 aromatic rings. The van der Waals surface area contributed by atoms with Crippen molar-refractivity contribution in [3.05, 3.63) is 63.6 Å². The molecule has 1 aromatic heterocycles. The molecular weight excluding hydrogens is 347 g/mol. The van der Waals surface area contributed by atoms with Crippen LogP contribution in [-0.4, -0.2) is 15.7 Å². The minimum absolute atomic E-state index is 0.0653. The molecule has 8 heteroatoms. The molecule has 0 radical (unpaired) electrons. The molecule has 5 nitrogen and oxygen atoms in total. The number of carbonyl (C=O) groups is 1. The summed E-state index contributed by atoms with van der Waals surface area (Å²) in [6.07, 6.45) is -2.41. The number of amides is 1. The number of hydrogen-bond acceptors (Lipinski definition) is 3. The van der Waals surface area contributed by atoms with Crippen molar-refractivity contribution < 1.29 is 18.0 Å². The highest BCUT2D eigenvalue weighted by atomic mass is 19.4. The van der Waals surface area contributed by atoms with Gasteiger partial charge in [-0.3, -0.25) is 9.59 Å². The van der Waals surface area contributed by atoms with Crippen molar-refractivity contribution in [2.45, 2.75) is 44.4 Å². The quantitative estimate of drug-likeness (QED) is 0.886. The fraction of sp³-hybridized carbons (Fsp3) is 0.389. The molecule has 0 saturated heterocycles. The Morgan fingerprint density at radius 2 is 2.04 bits per heavy atom. The van der Waals surface area contributed by atoms with Crippen molar-refractivity contribution in [3.8, 4) is 0 Å². The number of halogens is 3. The Morgan fingerprint density at radius 1 is 1.31 bits per heavy atom. The summed E-state index contributed by atoms with van der Waals surface area (Å²) in [5.41, 5.74) is -0.0574. The second-order valence-electron chi connectivity index (χ2n) is 6.41. The first kappa shape index (κ1) is 18.2. The summed E-state index contributed by atoms with van der Waals surface area (Å²) in [5, 5.41) is 6.81. The molecular formula is C18H18F3N3O2. The summed E-state index contributed by atoms with van der Waals surface area (Å²) >= 11 is 0. The summed E-state index contributed by atoms with van der Waals surface area (Å²) in [7, 11) is 0. The SMILES string of the molecule is CC(C(=O)NCc1cccc(C(F)(F)F)c1)n1nc(C2CC2)ccc1=O. The van der Waals surface area contributed by atoms with Crippen molar-refractivity contribution in [2.75, 3.05) is 0 Å². The lowest BCUT2D eigenvalue weighted by molar-refractivity contribution is -0.137. The Hall–Kier alpha value is -2.64. The van der Waals surface area contributed by atoms with Gasteiger partial charge in [0, 0.05) is 18.5 Å². The first-order valence-electron chi connectivity index (χ1n) is 8.29. The molecule has 1 N–H and O–H groups in total. The molecule has 1 aromatic carbocycles. The van der Waals surface area contributed by atoms with Crippen LogP contribution in [0.1, 0.15) is 48.5 Å². The highest BCUT2D eigenvalue weighted by Gasteiger charge is 2.30. The molecule has 1 fully saturated rings. The van der Waals surface area contributed by atoms with E-state index in [0.29, 0.717) is 11.5 Å². The molecule has 1 aliphatic rings. The van der Waals surface area contributed by atoms with Crippen LogP contribution in [0.2, 0.25) is 0 Å². The Balaban J connectivity index is 1.69. The van der Waals surface area contributed by atoms with Gasteiger partial charge in [-0.25, -0.2) is 4.68 Å². The Morgan fingerprint density at radius 3 is 2.69 bits per heavy atom. The van der Waals surface area contributed by atoms with Crippen LogP contribution in [-0.2, 0) is 17.5 Å². The third-order valence-corrected chi connectivity index (χ3v) is 4.31. The monoisotopic (exact) mass is 365 g/mol. The van der Waals surface area contributed by atoms with Crippen LogP contribution >= 0.6 is 0 Å². The topological polar surface area (TPSA) is 64.0 Å². The van der Waals surface area contributed by atoms with E-state index in [1.54, 1.807) is 6.07 Å². The van der Waals surface area contributed by atoms with E-state index < -0.39 is 29.2 Å². The zero-order chi connectivity index (χ0) is 18.9. The van der Waals surface area contributed by atoms with E-state index in [-0.39, 0.29) is 6.54 Å². The molecule has 0 bridgehead atoms.